The van der Waals surface area contributed by atoms with Crippen LogP contribution in [-0.4, -0.2) is 24.5 Å². The monoisotopic (exact) mass is 318 g/mol. The standard InChI is InChI=1S/C17H22N2O4/c20-16(10-12-6-2-1-3-7-12)18-19-17(21)15-11-22-13-8-4-5-9-14(13)23-15/h4-5,8-9,12,15H,1-3,6-7,10-11H2,(H,18,20)(H,19,21). The van der Waals surface area contributed by atoms with Crippen LogP contribution in [0.1, 0.15) is 38.5 Å². The molecule has 6 nitrogen and oxygen atoms in total. The van der Waals surface area contributed by atoms with Crippen LogP contribution >= 0.6 is 0 Å². The van der Waals surface area contributed by atoms with Crippen LogP contribution in [0.25, 0.3) is 0 Å². The molecule has 1 aliphatic heterocycles. The van der Waals surface area contributed by atoms with E-state index in [1.807, 2.05) is 12.1 Å². The molecule has 1 unspecified atom stereocenters. The van der Waals surface area contributed by atoms with Crippen molar-refractivity contribution in [3.05, 3.63) is 24.3 Å². The molecule has 1 aromatic carbocycles. The van der Waals surface area contributed by atoms with Gasteiger partial charge in [0, 0.05) is 6.42 Å². The number of rotatable bonds is 3. The molecule has 0 radical (unpaired) electrons. The summed E-state index contributed by atoms with van der Waals surface area (Å²) in [5.41, 5.74) is 4.91. The van der Waals surface area contributed by atoms with Gasteiger partial charge in [-0.2, -0.15) is 0 Å². The average molecular weight is 318 g/mol. The van der Waals surface area contributed by atoms with E-state index in [1.54, 1.807) is 12.1 Å². The predicted octanol–water partition coefficient (Wildman–Crippen LogP) is 1.94. The summed E-state index contributed by atoms with van der Waals surface area (Å²) in [6.45, 7) is 0.126. The van der Waals surface area contributed by atoms with Crippen molar-refractivity contribution in [2.24, 2.45) is 5.92 Å². The van der Waals surface area contributed by atoms with Gasteiger partial charge in [-0.05, 0) is 30.9 Å². The molecule has 23 heavy (non-hydrogen) atoms. The lowest BCUT2D eigenvalue weighted by Crippen LogP contribution is -2.51. The molecule has 0 spiro atoms. The molecule has 0 aromatic heterocycles. The zero-order valence-corrected chi connectivity index (χ0v) is 13.0. The van der Waals surface area contributed by atoms with Crippen LogP contribution < -0.4 is 20.3 Å². The molecule has 124 valence electrons. The van der Waals surface area contributed by atoms with Gasteiger partial charge in [0.05, 0.1) is 0 Å². The van der Waals surface area contributed by atoms with Gasteiger partial charge in [0.2, 0.25) is 12.0 Å². The molecule has 1 aromatic rings. The van der Waals surface area contributed by atoms with E-state index in [9.17, 15) is 9.59 Å². The normalized spacial score (nSPS) is 20.6. The number of benzene rings is 1. The maximum Gasteiger partial charge on any atom is 0.283 e. The van der Waals surface area contributed by atoms with Gasteiger partial charge in [0.25, 0.3) is 5.91 Å². The summed E-state index contributed by atoms with van der Waals surface area (Å²) in [6.07, 6.45) is 5.53. The highest BCUT2D eigenvalue weighted by Gasteiger charge is 2.27. The number of nitrogens with one attached hydrogen (secondary N) is 2. The summed E-state index contributed by atoms with van der Waals surface area (Å²) in [5, 5.41) is 0. The van der Waals surface area contributed by atoms with Gasteiger partial charge < -0.3 is 9.47 Å². The van der Waals surface area contributed by atoms with Crippen LogP contribution in [0.2, 0.25) is 0 Å². The molecule has 2 aliphatic rings. The second kappa shape index (κ2) is 7.35. The Bertz CT molecular complexity index is 569. The van der Waals surface area contributed by atoms with E-state index in [4.69, 9.17) is 9.47 Å². The molecule has 1 heterocycles. The molecule has 6 heteroatoms. The van der Waals surface area contributed by atoms with E-state index >= 15 is 0 Å². The topological polar surface area (TPSA) is 76.7 Å². The molecule has 2 N–H and O–H groups in total. The third-order valence-corrected chi connectivity index (χ3v) is 4.32. The first-order valence-corrected chi connectivity index (χ1v) is 8.19. The van der Waals surface area contributed by atoms with E-state index < -0.39 is 12.0 Å². The van der Waals surface area contributed by atoms with Crippen molar-refractivity contribution < 1.29 is 19.1 Å². The number of hydrogen-bond acceptors (Lipinski definition) is 4. The lowest BCUT2D eigenvalue weighted by Gasteiger charge is -2.25. The van der Waals surface area contributed by atoms with E-state index in [0.717, 1.165) is 12.8 Å². The van der Waals surface area contributed by atoms with E-state index in [-0.39, 0.29) is 12.5 Å². The van der Waals surface area contributed by atoms with Gasteiger partial charge in [0.1, 0.15) is 6.61 Å². The number of para-hydroxylation sites is 2. The first-order valence-electron chi connectivity index (χ1n) is 8.19. The smallest absolute Gasteiger partial charge is 0.283 e. The van der Waals surface area contributed by atoms with Crippen LogP contribution in [0.15, 0.2) is 24.3 Å². The molecule has 1 atom stereocenters. The van der Waals surface area contributed by atoms with E-state index in [1.165, 1.54) is 19.3 Å². The minimum Gasteiger partial charge on any atom is -0.485 e. The molecule has 1 fully saturated rings. The van der Waals surface area contributed by atoms with Crippen molar-refractivity contribution >= 4 is 11.8 Å². The fraction of sp³-hybridized carbons (Fsp3) is 0.529. The minimum absolute atomic E-state index is 0.126. The van der Waals surface area contributed by atoms with Crippen molar-refractivity contribution in [3.8, 4) is 11.5 Å². The molecule has 0 saturated heterocycles. The summed E-state index contributed by atoms with van der Waals surface area (Å²) in [7, 11) is 0. The lowest BCUT2D eigenvalue weighted by atomic mass is 9.87. The van der Waals surface area contributed by atoms with Crippen molar-refractivity contribution in [1.29, 1.82) is 0 Å². The number of ether oxygens (including phenoxy) is 2. The van der Waals surface area contributed by atoms with Crippen molar-refractivity contribution in [2.75, 3.05) is 6.61 Å². The maximum absolute atomic E-state index is 12.1. The van der Waals surface area contributed by atoms with Gasteiger partial charge in [0.15, 0.2) is 11.5 Å². The van der Waals surface area contributed by atoms with Crippen LogP contribution in [0, 0.1) is 5.92 Å². The molecule has 3 rings (SSSR count). The molecular formula is C17H22N2O4. The van der Waals surface area contributed by atoms with Gasteiger partial charge in [-0.1, -0.05) is 31.4 Å². The first kappa shape index (κ1) is 15.6. The highest BCUT2D eigenvalue weighted by atomic mass is 16.6. The summed E-state index contributed by atoms with van der Waals surface area (Å²) in [5.74, 6) is 1.03. The highest BCUT2D eigenvalue weighted by Crippen LogP contribution is 2.30. The number of amides is 2. The Morgan fingerprint density at radius 2 is 1.78 bits per heavy atom. The van der Waals surface area contributed by atoms with E-state index in [2.05, 4.69) is 10.9 Å². The maximum atomic E-state index is 12.1. The van der Waals surface area contributed by atoms with Crippen molar-refractivity contribution in [3.63, 3.8) is 0 Å². The molecule has 1 saturated carbocycles. The SMILES string of the molecule is O=C(CC1CCCCC1)NNC(=O)C1COc2ccccc2O1. The lowest BCUT2D eigenvalue weighted by molar-refractivity contribution is -0.135. The Balaban J connectivity index is 1.43. The number of fused-ring (bicyclic) bond motifs is 1. The summed E-state index contributed by atoms with van der Waals surface area (Å²) < 4.78 is 11.1. The fourth-order valence-electron chi connectivity index (χ4n) is 3.07. The fourth-order valence-corrected chi connectivity index (χ4v) is 3.07. The Kier molecular flexibility index (Phi) is 5.00. The summed E-state index contributed by atoms with van der Waals surface area (Å²) in [4.78, 5) is 24.0. The molecule has 0 bridgehead atoms. The summed E-state index contributed by atoms with van der Waals surface area (Å²) in [6, 6.07) is 7.19. The second-order valence-electron chi connectivity index (χ2n) is 6.11. The van der Waals surface area contributed by atoms with Gasteiger partial charge in [-0.25, -0.2) is 0 Å². The van der Waals surface area contributed by atoms with Crippen molar-refractivity contribution in [1.82, 2.24) is 10.9 Å². The Labute approximate surface area is 135 Å². The second-order valence-corrected chi connectivity index (χ2v) is 6.11. The predicted molar refractivity (Wildman–Crippen MR) is 83.8 cm³/mol. The van der Waals surface area contributed by atoms with Gasteiger partial charge >= 0.3 is 0 Å². The van der Waals surface area contributed by atoms with Crippen LogP contribution in [0.3, 0.4) is 0 Å². The zero-order valence-electron chi connectivity index (χ0n) is 13.0. The van der Waals surface area contributed by atoms with Crippen LogP contribution in [0.4, 0.5) is 0 Å². The van der Waals surface area contributed by atoms with E-state index in [0.29, 0.717) is 23.8 Å². The molecule has 1 aliphatic carbocycles. The number of hydrazine groups is 1. The van der Waals surface area contributed by atoms with Crippen LogP contribution in [-0.2, 0) is 9.59 Å². The minimum atomic E-state index is -0.764. The third-order valence-electron chi connectivity index (χ3n) is 4.32. The van der Waals surface area contributed by atoms with Crippen LogP contribution in [0.5, 0.6) is 11.5 Å². The quantitative estimate of drug-likeness (QED) is 0.835. The van der Waals surface area contributed by atoms with Gasteiger partial charge in [-0.15, -0.1) is 0 Å². The number of hydrogen-bond donors (Lipinski definition) is 2. The Morgan fingerprint density at radius 1 is 1.04 bits per heavy atom. The average Bonchev–Trinajstić information content (AvgIpc) is 2.60. The zero-order chi connectivity index (χ0) is 16.1. The van der Waals surface area contributed by atoms with Gasteiger partial charge in [-0.3, -0.25) is 20.4 Å². The summed E-state index contributed by atoms with van der Waals surface area (Å²) >= 11 is 0. The first-order chi connectivity index (χ1) is 11.2. The largest absolute Gasteiger partial charge is 0.485 e. The molecular weight excluding hydrogens is 296 g/mol. The Morgan fingerprint density at radius 3 is 2.57 bits per heavy atom. The highest BCUT2D eigenvalue weighted by molar-refractivity contribution is 5.85. The van der Waals surface area contributed by atoms with Crippen molar-refractivity contribution in [2.45, 2.75) is 44.6 Å². The third kappa shape index (κ3) is 4.15. The number of carbonyl (C=O) groups is 2. The Hall–Kier alpha value is -2.24. The number of carbonyl (C=O) groups excluding carboxylic acids is 2. The molecule has 2 amide bonds.